The topological polar surface area (TPSA) is 17.1 Å². The molecule has 5 heteroatoms. The molecular formula is C15H10BrF3O. The van der Waals surface area contributed by atoms with Crippen LogP contribution in [0.15, 0.2) is 40.9 Å². The number of rotatable bonds is 4. The first-order valence-corrected chi connectivity index (χ1v) is 6.64. The first kappa shape index (κ1) is 14.8. The quantitative estimate of drug-likeness (QED) is 0.812. The highest BCUT2D eigenvalue weighted by molar-refractivity contribution is 9.10. The van der Waals surface area contributed by atoms with Gasteiger partial charge in [0.05, 0.1) is 0 Å². The second-order valence-electron chi connectivity index (χ2n) is 4.41. The Kier molecular flexibility index (Phi) is 4.60. The van der Waals surface area contributed by atoms with Crippen LogP contribution in [0.5, 0.6) is 0 Å². The van der Waals surface area contributed by atoms with Crippen LogP contribution in [-0.2, 0) is 17.6 Å². The smallest absolute Gasteiger partial charge is 0.141 e. The van der Waals surface area contributed by atoms with E-state index in [1.165, 1.54) is 18.2 Å². The number of ketones is 1. The Labute approximate surface area is 122 Å². The third-order valence-electron chi connectivity index (χ3n) is 2.73. The molecule has 0 heterocycles. The van der Waals surface area contributed by atoms with Gasteiger partial charge in [-0.15, -0.1) is 0 Å². The van der Waals surface area contributed by atoms with Crippen molar-refractivity contribution in [3.8, 4) is 0 Å². The van der Waals surface area contributed by atoms with Gasteiger partial charge in [-0.05, 0) is 35.4 Å². The molecule has 0 saturated carbocycles. The van der Waals surface area contributed by atoms with E-state index in [1.54, 1.807) is 0 Å². The van der Waals surface area contributed by atoms with Crippen LogP contribution in [0.25, 0.3) is 0 Å². The number of hydrogen-bond acceptors (Lipinski definition) is 1. The maximum Gasteiger partial charge on any atom is 0.141 e. The molecule has 0 spiro atoms. The zero-order valence-corrected chi connectivity index (χ0v) is 11.9. The van der Waals surface area contributed by atoms with E-state index in [9.17, 15) is 18.0 Å². The number of benzene rings is 2. The summed E-state index contributed by atoms with van der Waals surface area (Å²) in [5.74, 6) is -2.03. The van der Waals surface area contributed by atoms with Gasteiger partial charge in [0.15, 0.2) is 0 Å². The van der Waals surface area contributed by atoms with E-state index in [4.69, 9.17) is 0 Å². The second-order valence-corrected chi connectivity index (χ2v) is 5.26. The first-order chi connectivity index (χ1) is 9.44. The van der Waals surface area contributed by atoms with Gasteiger partial charge in [-0.25, -0.2) is 13.2 Å². The number of carbonyl (C=O) groups excluding carboxylic acids is 1. The van der Waals surface area contributed by atoms with Gasteiger partial charge in [-0.2, -0.15) is 0 Å². The molecule has 0 fully saturated rings. The molecule has 0 amide bonds. The first-order valence-electron chi connectivity index (χ1n) is 5.84. The van der Waals surface area contributed by atoms with Crippen LogP contribution in [0, 0.1) is 17.5 Å². The fourth-order valence-electron chi connectivity index (χ4n) is 1.88. The summed E-state index contributed by atoms with van der Waals surface area (Å²) < 4.78 is 39.4. The molecule has 0 radical (unpaired) electrons. The van der Waals surface area contributed by atoms with Gasteiger partial charge in [0.2, 0.25) is 0 Å². The van der Waals surface area contributed by atoms with Gasteiger partial charge in [-0.1, -0.05) is 22.0 Å². The van der Waals surface area contributed by atoms with Gasteiger partial charge in [0.1, 0.15) is 23.2 Å². The Morgan fingerprint density at radius 3 is 2.15 bits per heavy atom. The molecule has 20 heavy (non-hydrogen) atoms. The molecule has 0 saturated heterocycles. The van der Waals surface area contributed by atoms with Crippen molar-refractivity contribution in [3.05, 3.63) is 69.4 Å². The third-order valence-corrected chi connectivity index (χ3v) is 3.46. The van der Waals surface area contributed by atoms with Crippen molar-refractivity contribution in [1.29, 1.82) is 0 Å². The van der Waals surface area contributed by atoms with Crippen molar-refractivity contribution in [2.45, 2.75) is 12.8 Å². The molecule has 2 aromatic carbocycles. The van der Waals surface area contributed by atoms with Crippen molar-refractivity contribution in [2.24, 2.45) is 0 Å². The molecular weight excluding hydrogens is 333 g/mol. The van der Waals surface area contributed by atoms with Crippen LogP contribution in [0.3, 0.4) is 0 Å². The zero-order chi connectivity index (χ0) is 14.7. The summed E-state index contributed by atoms with van der Waals surface area (Å²) in [6.07, 6.45) is -0.00249. The maximum atomic E-state index is 13.0. The van der Waals surface area contributed by atoms with E-state index < -0.39 is 17.5 Å². The molecule has 0 atom stereocenters. The lowest BCUT2D eigenvalue weighted by Gasteiger charge is -2.05. The monoisotopic (exact) mass is 342 g/mol. The highest BCUT2D eigenvalue weighted by Gasteiger charge is 2.10. The van der Waals surface area contributed by atoms with E-state index in [1.807, 2.05) is 0 Å². The molecule has 2 rings (SSSR count). The van der Waals surface area contributed by atoms with E-state index in [2.05, 4.69) is 15.9 Å². The van der Waals surface area contributed by atoms with Gasteiger partial charge in [0, 0.05) is 23.4 Å². The van der Waals surface area contributed by atoms with Crippen LogP contribution in [0.4, 0.5) is 13.2 Å². The van der Waals surface area contributed by atoms with Crippen molar-refractivity contribution >= 4 is 21.7 Å². The normalized spacial score (nSPS) is 10.6. The second kappa shape index (κ2) is 6.22. The zero-order valence-electron chi connectivity index (χ0n) is 10.3. The van der Waals surface area contributed by atoms with Crippen molar-refractivity contribution in [3.63, 3.8) is 0 Å². The lowest BCUT2D eigenvalue weighted by atomic mass is 10.0. The fraction of sp³-hybridized carbons (Fsp3) is 0.133. The molecule has 0 aromatic heterocycles. The van der Waals surface area contributed by atoms with Crippen molar-refractivity contribution in [2.75, 3.05) is 0 Å². The molecule has 1 nitrogen and oxygen atoms in total. The van der Waals surface area contributed by atoms with Crippen LogP contribution in [-0.4, -0.2) is 5.78 Å². The molecule has 0 aliphatic carbocycles. The van der Waals surface area contributed by atoms with Crippen LogP contribution >= 0.6 is 15.9 Å². The van der Waals surface area contributed by atoms with E-state index >= 15 is 0 Å². The Hall–Kier alpha value is -1.62. The molecule has 0 aliphatic heterocycles. The minimum Gasteiger partial charge on any atom is -0.299 e. The van der Waals surface area contributed by atoms with Gasteiger partial charge in [0.25, 0.3) is 0 Å². The minimum absolute atomic E-state index is 0.0684. The summed E-state index contributed by atoms with van der Waals surface area (Å²) in [7, 11) is 0. The molecule has 0 N–H and O–H groups in total. The highest BCUT2D eigenvalue weighted by atomic mass is 79.9. The van der Waals surface area contributed by atoms with E-state index in [0.717, 1.165) is 18.2 Å². The molecule has 0 bridgehead atoms. The Balaban J connectivity index is 2.09. The largest absolute Gasteiger partial charge is 0.299 e. The van der Waals surface area contributed by atoms with Crippen LogP contribution in [0.2, 0.25) is 0 Å². The Morgan fingerprint density at radius 1 is 0.900 bits per heavy atom. The standard InChI is InChI=1S/C15H10BrF3O/c16-15-8-11(17)2-1-10(15)6-14(20)5-9-3-12(18)7-13(19)4-9/h1-4,7-8H,5-6H2. The number of Topliss-reactive ketones (excluding diaryl/α,β-unsaturated/α-hetero) is 1. The minimum atomic E-state index is -0.712. The number of carbonyl (C=O) groups is 1. The average Bonchev–Trinajstić information content (AvgIpc) is 2.31. The van der Waals surface area contributed by atoms with Crippen molar-refractivity contribution in [1.82, 2.24) is 0 Å². The summed E-state index contributed by atoms with van der Waals surface area (Å²) in [4.78, 5) is 11.9. The lowest BCUT2D eigenvalue weighted by Crippen LogP contribution is -2.07. The predicted molar refractivity (Wildman–Crippen MR) is 72.9 cm³/mol. The van der Waals surface area contributed by atoms with Gasteiger partial charge < -0.3 is 0 Å². The fourth-order valence-corrected chi connectivity index (χ4v) is 2.37. The lowest BCUT2D eigenvalue weighted by molar-refractivity contribution is -0.117. The van der Waals surface area contributed by atoms with Gasteiger partial charge >= 0.3 is 0 Å². The number of hydrogen-bond donors (Lipinski definition) is 0. The molecule has 104 valence electrons. The molecule has 2 aromatic rings. The third kappa shape index (κ3) is 3.93. The van der Waals surface area contributed by atoms with Gasteiger partial charge in [-0.3, -0.25) is 4.79 Å². The molecule has 0 aliphatic rings. The average molecular weight is 343 g/mol. The molecule has 0 unspecified atom stereocenters. The predicted octanol–water partition coefficient (Wildman–Crippen LogP) is 4.22. The summed E-state index contributed by atoms with van der Waals surface area (Å²) in [6.45, 7) is 0. The summed E-state index contributed by atoms with van der Waals surface area (Å²) in [5, 5.41) is 0. The van der Waals surface area contributed by atoms with Crippen LogP contribution < -0.4 is 0 Å². The van der Waals surface area contributed by atoms with E-state index in [0.29, 0.717) is 10.0 Å². The number of halogens is 4. The Morgan fingerprint density at radius 2 is 1.55 bits per heavy atom. The van der Waals surface area contributed by atoms with E-state index in [-0.39, 0.29) is 24.2 Å². The van der Waals surface area contributed by atoms with Crippen LogP contribution in [0.1, 0.15) is 11.1 Å². The summed E-state index contributed by atoms with van der Waals surface area (Å²) in [6, 6.07) is 7.04. The maximum absolute atomic E-state index is 13.0. The highest BCUT2D eigenvalue weighted by Crippen LogP contribution is 2.19. The summed E-state index contributed by atoms with van der Waals surface area (Å²) in [5.41, 5.74) is 0.916. The SMILES string of the molecule is O=C(Cc1cc(F)cc(F)c1)Cc1ccc(F)cc1Br. The Bertz CT molecular complexity index is 635. The summed E-state index contributed by atoms with van der Waals surface area (Å²) >= 11 is 3.17. The van der Waals surface area contributed by atoms with Crippen molar-refractivity contribution < 1.29 is 18.0 Å².